The maximum absolute atomic E-state index is 13.3. The number of hydrogen-bond acceptors (Lipinski definition) is 2. The molecule has 2 N–H and O–H groups in total. The number of fused-ring (bicyclic) bond motifs is 1. The van der Waals surface area contributed by atoms with E-state index in [0.717, 1.165) is 25.1 Å². The van der Waals surface area contributed by atoms with Crippen molar-refractivity contribution in [2.75, 3.05) is 11.4 Å². The van der Waals surface area contributed by atoms with E-state index in [1.54, 1.807) is 6.07 Å². The smallest absolute Gasteiger partial charge is 0.125 e. The van der Waals surface area contributed by atoms with Crippen molar-refractivity contribution in [3.8, 4) is 0 Å². The first-order valence-corrected chi connectivity index (χ1v) is 6.36. The van der Waals surface area contributed by atoms with E-state index in [-0.39, 0.29) is 11.9 Å². The molecule has 0 amide bonds. The largest absolute Gasteiger partial charge is 0.393 e. The Bertz CT molecular complexity index is 433. The molecule has 1 heterocycles. The number of nitrogens with zero attached hydrogens (tertiary/aromatic N) is 1. The molecule has 0 bridgehead atoms. The molecule has 0 spiro atoms. The molecular weight excluding hydrogens is 235 g/mol. The quantitative estimate of drug-likeness (QED) is 0.835. The molecule has 0 radical (unpaired) electrons. The summed E-state index contributed by atoms with van der Waals surface area (Å²) in [5.41, 5.74) is 7.84. The molecule has 0 aliphatic carbocycles. The molecule has 0 aromatic heterocycles. The molecule has 4 heteroatoms. The Balaban J connectivity index is 2.25. The van der Waals surface area contributed by atoms with Crippen LogP contribution in [0.4, 0.5) is 10.1 Å². The minimum Gasteiger partial charge on any atom is -0.393 e. The van der Waals surface area contributed by atoms with E-state index in [4.69, 9.17) is 18.0 Å². The lowest BCUT2D eigenvalue weighted by atomic mass is 10.1. The van der Waals surface area contributed by atoms with Crippen molar-refractivity contribution in [3.05, 3.63) is 29.6 Å². The van der Waals surface area contributed by atoms with Crippen molar-refractivity contribution in [1.82, 2.24) is 0 Å². The van der Waals surface area contributed by atoms with Crippen molar-refractivity contribution >= 4 is 22.9 Å². The van der Waals surface area contributed by atoms with Crippen LogP contribution in [0.2, 0.25) is 0 Å². The first kappa shape index (κ1) is 12.3. The minimum absolute atomic E-state index is 0.180. The van der Waals surface area contributed by atoms with E-state index in [1.165, 1.54) is 11.6 Å². The number of rotatable bonds is 4. The molecule has 92 valence electrons. The molecule has 1 aromatic carbocycles. The Labute approximate surface area is 107 Å². The second-order valence-electron chi connectivity index (χ2n) is 4.45. The molecule has 2 rings (SSSR count). The number of hydrogen-bond donors (Lipinski definition) is 1. The minimum atomic E-state index is -0.180. The number of halogens is 1. The normalized spacial score (nSPS) is 15.8. The number of thiocarbonyl (C=S) groups is 1. The first-order valence-electron chi connectivity index (χ1n) is 5.95. The molecule has 1 aliphatic heterocycles. The molecule has 1 aliphatic rings. The van der Waals surface area contributed by atoms with Gasteiger partial charge in [0, 0.05) is 24.7 Å². The van der Waals surface area contributed by atoms with Crippen molar-refractivity contribution in [2.45, 2.75) is 32.2 Å². The topological polar surface area (TPSA) is 29.3 Å². The van der Waals surface area contributed by atoms with E-state index in [2.05, 4.69) is 11.8 Å². The fourth-order valence-corrected chi connectivity index (χ4v) is 2.66. The predicted octanol–water partition coefficient (Wildman–Crippen LogP) is 2.64. The summed E-state index contributed by atoms with van der Waals surface area (Å²) in [6, 6.07) is 5.30. The summed E-state index contributed by atoms with van der Waals surface area (Å²) >= 11 is 4.97. The maximum atomic E-state index is 13.3. The van der Waals surface area contributed by atoms with Gasteiger partial charge < -0.3 is 10.6 Å². The van der Waals surface area contributed by atoms with Crippen LogP contribution in [-0.2, 0) is 6.42 Å². The van der Waals surface area contributed by atoms with Crippen LogP contribution in [0.1, 0.15) is 25.3 Å². The van der Waals surface area contributed by atoms with Gasteiger partial charge in [-0.1, -0.05) is 25.2 Å². The van der Waals surface area contributed by atoms with Crippen LogP contribution in [-0.4, -0.2) is 17.6 Å². The number of benzene rings is 1. The molecule has 0 fully saturated rings. The van der Waals surface area contributed by atoms with Gasteiger partial charge in [-0.3, -0.25) is 0 Å². The predicted molar refractivity (Wildman–Crippen MR) is 72.9 cm³/mol. The first-order chi connectivity index (χ1) is 8.11. The monoisotopic (exact) mass is 252 g/mol. The molecular formula is C13H17FN2S. The summed E-state index contributed by atoms with van der Waals surface area (Å²) in [6.07, 6.45) is 2.64. The SMILES string of the molecule is CCC(CC(N)=S)N1CCc2ccc(F)cc21. The Morgan fingerprint density at radius 1 is 1.59 bits per heavy atom. The third-order valence-electron chi connectivity index (χ3n) is 3.33. The van der Waals surface area contributed by atoms with Gasteiger partial charge in [-0.2, -0.15) is 0 Å². The molecule has 0 saturated heterocycles. The number of anilines is 1. The van der Waals surface area contributed by atoms with Crippen molar-refractivity contribution in [2.24, 2.45) is 5.73 Å². The average Bonchev–Trinajstić information content (AvgIpc) is 2.68. The second kappa shape index (κ2) is 5.00. The molecule has 2 nitrogen and oxygen atoms in total. The fraction of sp³-hybridized carbons (Fsp3) is 0.462. The fourth-order valence-electron chi connectivity index (χ4n) is 2.46. The third kappa shape index (κ3) is 2.57. The Morgan fingerprint density at radius 2 is 2.35 bits per heavy atom. The van der Waals surface area contributed by atoms with E-state index in [9.17, 15) is 4.39 Å². The standard InChI is InChI=1S/C13H17FN2S/c1-2-11(8-13(15)17)16-6-5-9-3-4-10(14)7-12(9)16/h3-4,7,11H,2,5-6,8H2,1H3,(H2,15,17). The van der Waals surface area contributed by atoms with Crippen molar-refractivity contribution < 1.29 is 4.39 Å². The van der Waals surface area contributed by atoms with Crippen molar-refractivity contribution in [3.63, 3.8) is 0 Å². The lowest BCUT2D eigenvalue weighted by Gasteiger charge is -2.29. The summed E-state index contributed by atoms with van der Waals surface area (Å²) < 4.78 is 13.3. The number of nitrogens with two attached hydrogens (primary N) is 1. The Morgan fingerprint density at radius 3 is 3.00 bits per heavy atom. The van der Waals surface area contributed by atoms with E-state index >= 15 is 0 Å². The lowest BCUT2D eigenvalue weighted by Crippen LogP contribution is -2.36. The molecule has 17 heavy (non-hydrogen) atoms. The van der Waals surface area contributed by atoms with Crippen LogP contribution in [0, 0.1) is 5.82 Å². The van der Waals surface area contributed by atoms with Crippen LogP contribution in [0.25, 0.3) is 0 Å². The summed E-state index contributed by atoms with van der Waals surface area (Å²) in [4.78, 5) is 2.76. The second-order valence-corrected chi connectivity index (χ2v) is 4.97. The highest BCUT2D eigenvalue weighted by molar-refractivity contribution is 7.80. The highest BCUT2D eigenvalue weighted by Gasteiger charge is 2.25. The Kier molecular flexibility index (Phi) is 3.62. The molecule has 0 saturated carbocycles. The van der Waals surface area contributed by atoms with Crippen LogP contribution >= 0.6 is 12.2 Å². The zero-order valence-corrected chi connectivity index (χ0v) is 10.8. The van der Waals surface area contributed by atoms with Gasteiger partial charge in [0.1, 0.15) is 5.82 Å². The van der Waals surface area contributed by atoms with E-state index < -0.39 is 0 Å². The summed E-state index contributed by atoms with van der Waals surface area (Å²) in [7, 11) is 0. The average molecular weight is 252 g/mol. The van der Waals surface area contributed by atoms with Gasteiger partial charge >= 0.3 is 0 Å². The van der Waals surface area contributed by atoms with Gasteiger partial charge in [0.05, 0.1) is 4.99 Å². The molecule has 1 atom stereocenters. The van der Waals surface area contributed by atoms with Crippen LogP contribution < -0.4 is 10.6 Å². The van der Waals surface area contributed by atoms with Crippen molar-refractivity contribution in [1.29, 1.82) is 0 Å². The van der Waals surface area contributed by atoms with E-state index in [0.29, 0.717) is 11.4 Å². The van der Waals surface area contributed by atoms with Crippen LogP contribution in [0.15, 0.2) is 18.2 Å². The highest BCUT2D eigenvalue weighted by Crippen LogP contribution is 2.31. The Hall–Kier alpha value is -1.16. The van der Waals surface area contributed by atoms with Gasteiger partial charge in [-0.15, -0.1) is 0 Å². The lowest BCUT2D eigenvalue weighted by molar-refractivity contribution is 0.601. The molecule has 1 aromatic rings. The van der Waals surface area contributed by atoms with Crippen LogP contribution in [0.3, 0.4) is 0 Å². The van der Waals surface area contributed by atoms with Gasteiger partial charge in [0.25, 0.3) is 0 Å². The van der Waals surface area contributed by atoms with Gasteiger partial charge in [0.2, 0.25) is 0 Å². The highest BCUT2D eigenvalue weighted by atomic mass is 32.1. The maximum Gasteiger partial charge on any atom is 0.125 e. The van der Waals surface area contributed by atoms with Gasteiger partial charge in [-0.05, 0) is 30.5 Å². The molecule has 1 unspecified atom stereocenters. The summed E-state index contributed by atoms with van der Waals surface area (Å²) in [5, 5.41) is 0. The van der Waals surface area contributed by atoms with E-state index in [1.807, 2.05) is 6.07 Å². The zero-order valence-electron chi connectivity index (χ0n) is 9.95. The summed E-state index contributed by atoms with van der Waals surface area (Å²) in [5.74, 6) is -0.180. The van der Waals surface area contributed by atoms with Gasteiger partial charge in [0.15, 0.2) is 0 Å². The van der Waals surface area contributed by atoms with Crippen LogP contribution in [0.5, 0.6) is 0 Å². The third-order valence-corrected chi connectivity index (χ3v) is 3.49. The zero-order chi connectivity index (χ0) is 12.4. The summed E-state index contributed by atoms with van der Waals surface area (Å²) in [6.45, 7) is 3.04. The van der Waals surface area contributed by atoms with Gasteiger partial charge in [-0.25, -0.2) is 4.39 Å².